The summed E-state index contributed by atoms with van der Waals surface area (Å²) >= 11 is 0. The highest BCUT2D eigenvalue weighted by Crippen LogP contribution is 2.56. The number of aliphatic hydroxyl groups is 4. The van der Waals surface area contributed by atoms with Crippen LogP contribution < -0.4 is 0 Å². The summed E-state index contributed by atoms with van der Waals surface area (Å²) in [5.41, 5.74) is -2.85. The van der Waals surface area contributed by atoms with Gasteiger partial charge in [-0.15, -0.1) is 0 Å². The molecule has 5 fully saturated rings. The summed E-state index contributed by atoms with van der Waals surface area (Å²) in [6.07, 6.45) is 4.98. The van der Waals surface area contributed by atoms with E-state index in [-0.39, 0.29) is 71.8 Å². The highest BCUT2D eigenvalue weighted by atomic mass is 16.8. The molecule has 10 nitrogen and oxygen atoms in total. The lowest BCUT2D eigenvalue weighted by Crippen LogP contribution is -2.66. The van der Waals surface area contributed by atoms with Crippen LogP contribution in [0.15, 0.2) is 0 Å². The van der Waals surface area contributed by atoms with Crippen molar-refractivity contribution in [3.8, 4) is 0 Å². The Bertz CT molecular complexity index is 1280. The van der Waals surface area contributed by atoms with Gasteiger partial charge in [-0.05, 0) is 104 Å². The molecule has 4 N–H and O–H groups in total. The van der Waals surface area contributed by atoms with Crippen LogP contribution in [0, 0.1) is 41.4 Å². The lowest BCUT2D eigenvalue weighted by atomic mass is 9.66. The number of aliphatic hydroxyl groups excluding tert-OH is 2. The minimum absolute atomic E-state index is 0.0133. The van der Waals surface area contributed by atoms with Gasteiger partial charge in [0.05, 0.1) is 53.4 Å². The number of carbonyl (C=O) groups excluding carboxylic acids is 1. The molecule has 5 aliphatic rings. The number of hydrogen-bond donors (Lipinski definition) is 4. The Morgan fingerprint density at radius 3 is 2.15 bits per heavy atom. The van der Waals surface area contributed by atoms with Crippen LogP contribution in [0.1, 0.15) is 160 Å². The molecule has 2 spiro atoms. The molecule has 0 aromatic carbocycles. The van der Waals surface area contributed by atoms with Gasteiger partial charge in [-0.1, -0.05) is 55.4 Å². The van der Waals surface area contributed by atoms with Gasteiger partial charge in [0.1, 0.15) is 11.9 Å². The summed E-state index contributed by atoms with van der Waals surface area (Å²) in [6, 6.07) is 0. The molecule has 0 saturated carbocycles. The van der Waals surface area contributed by atoms with Crippen molar-refractivity contribution < 1.29 is 48.9 Å². The van der Waals surface area contributed by atoms with Crippen molar-refractivity contribution in [1.82, 2.24) is 0 Å². The fourth-order valence-corrected chi connectivity index (χ4v) is 11.7. The molecule has 54 heavy (non-hydrogen) atoms. The van der Waals surface area contributed by atoms with Crippen LogP contribution in [0.2, 0.25) is 0 Å². The largest absolute Gasteiger partial charge is 0.392 e. The summed E-state index contributed by atoms with van der Waals surface area (Å²) in [6.45, 7) is 24.0. The topological polar surface area (TPSA) is 144 Å². The molecule has 0 aromatic rings. The van der Waals surface area contributed by atoms with E-state index < -0.39 is 46.5 Å². The quantitative estimate of drug-likeness (QED) is 0.162. The Morgan fingerprint density at radius 1 is 0.870 bits per heavy atom. The monoisotopic (exact) mass is 767 g/mol. The molecule has 5 rings (SSSR count). The van der Waals surface area contributed by atoms with Crippen LogP contribution in [0.3, 0.4) is 0 Å². The molecule has 5 aliphatic heterocycles. The molecule has 0 amide bonds. The van der Waals surface area contributed by atoms with Gasteiger partial charge in [-0.25, -0.2) is 0 Å². The zero-order valence-corrected chi connectivity index (χ0v) is 35.8. The minimum atomic E-state index is -1.30. The Balaban J connectivity index is 1.33. The van der Waals surface area contributed by atoms with Crippen molar-refractivity contribution in [1.29, 1.82) is 0 Å². The van der Waals surface area contributed by atoms with E-state index in [1.165, 1.54) is 0 Å². The van der Waals surface area contributed by atoms with Crippen LogP contribution in [0.5, 0.6) is 0 Å². The predicted molar refractivity (Wildman–Crippen MR) is 207 cm³/mol. The van der Waals surface area contributed by atoms with Crippen LogP contribution in [0.25, 0.3) is 0 Å². The summed E-state index contributed by atoms with van der Waals surface area (Å²) in [7, 11) is 0. The Hall–Kier alpha value is -0.690. The van der Waals surface area contributed by atoms with Crippen LogP contribution >= 0.6 is 0 Å². The molecule has 0 bridgehead atoms. The summed E-state index contributed by atoms with van der Waals surface area (Å²) in [5, 5.41) is 47.2. The molecule has 5 heterocycles. The van der Waals surface area contributed by atoms with E-state index in [2.05, 4.69) is 27.7 Å². The predicted octanol–water partition coefficient (Wildman–Crippen LogP) is 7.10. The SMILES string of the molecule is CC[C@H]([C@H]1O[C@]2(CC[C@@H](O)[C@]3(CC[C@@](C)([C@H]4CC[C@](O)(CC)[C@H](C)O4)O3)O2)[C@H](C)C[C@@H]1C)[C@@](C)(O)[C@@H](C)[C@@H](O)[C@H](C)[C@@H]1O[C@@H]([C@@H](CC)C(C)=O)CCC1C. The maximum atomic E-state index is 12.6. The van der Waals surface area contributed by atoms with E-state index >= 15 is 0 Å². The molecule has 0 aliphatic carbocycles. The lowest BCUT2D eigenvalue weighted by Gasteiger charge is -2.58. The first-order valence-corrected chi connectivity index (χ1v) is 21.8. The minimum Gasteiger partial charge on any atom is -0.392 e. The average Bonchev–Trinajstić information content (AvgIpc) is 3.47. The van der Waals surface area contributed by atoms with Crippen molar-refractivity contribution in [2.75, 3.05) is 0 Å². The first-order valence-electron chi connectivity index (χ1n) is 21.8. The van der Waals surface area contributed by atoms with Gasteiger partial charge in [0.2, 0.25) is 0 Å². The van der Waals surface area contributed by atoms with Crippen LogP contribution in [0.4, 0.5) is 0 Å². The molecule has 0 radical (unpaired) electrons. The Kier molecular flexibility index (Phi) is 13.6. The van der Waals surface area contributed by atoms with E-state index in [9.17, 15) is 25.2 Å². The van der Waals surface area contributed by atoms with Gasteiger partial charge in [0, 0.05) is 42.4 Å². The molecular weight excluding hydrogens is 688 g/mol. The van der Waals surface area contributed by atoms with Gasteiger partial charge < -0.3 is 44.1 Å². The molecule has 10 heteroatoms. The fraction of sp³-hybridized carbons (Fsp3) is 0.977. The zero-order valence-electron chi connectivity index (χ0n) is 35.8. The summed E-state index contributed by atoms with van der Waals surface area (Å²) < 4.78 is 34.3. The van der Waals surface area contributed by atoms with E-state index in [1.54, 1.807) is 6.92 Å². The first kappa shape index (κ1) is 44.4. The van der Waals surface area contributed by atoms with Gasteiger partial charge in [-0.3, -0.25) is 4.79 Å². The third kappa shape index (κ3) is 8.01. The Labute approximate surface area is 326 Å². The van der Waals surface area contributed by atoms with Crippen molar-refractivity contribution in [2.24, 2.45) is 41.4 Å². The Morgan fingerprint density at radius 2 is 1.56 bits per heavy atom. The number of ether oxygens (including phenoxy) is 5. The highest BCUT2D eigenvalue weighted by Gasteiger charge is 2.65. The van der Waals surface area contributed by atoms with Crippen molar-refractivity contribution in [3.05, 3.63) is 0 Å². The van der Waals surface area contributed by atoms with Crippen molar-refractivity contribution in [2.45, 2.75) is 231 Å². The smallest absolute Gasteiger partial charge is 0.198 e. The van der Waals surface area contributed by atoms with Crippen LogP contribution in [-0.4, -0.2) is 97.3 Å². The second kappa shape index (κ2) is 16.5. The molecule has 5 saturated heterocycles. The maximum absolute atomic E-state index is 12.6. The van der Waals surface area contributed by atoms with Crippen molar-refractivity contribution in [3.63, 3.8) is 0 Å². The number of hydrogen-bond acceptors (Lipinski definition) is 10. The van der Waals surface area contributed by atoms with Gasteiger partial charge in [-0.2, -0.15) is 0 Å². The standard InChI is InChI=1S/C44H78O10/c1-13-32(30(9)45)34-17-16-25(4)38(51-34)28(7)37(47)29(8)41(12,48)33(14-2)39-26(5)24-27(6)43(52-39)21-18-35(46)44(54-43)23-22-40(11,53-44)36-19-20-42(49,15-3)31(10)50-36/h25-29,31-39,46-49H,13-24H2,1-12H3/t25?,26-,27+,28-,29-,31-,32-,33+,34+,35+,36+,37-,38+,39-,40-,41-,42+,43-,44-/m0/s1. The molecule has 0 aromatic heterocycles. The number of ketones is 1. The lowest BCUT2D eigenvalue weighted by molar-refractivity contribution is -0.445. The molecular formula is C44H78O10. The number of Topliss-reactive ketones (excluding diaryl/α,β-unsaturated/α-hetero) is 1. The second-order valence-electron chi connectivity index (χ2n) is 19.4. The second-order valence-corrected chi connectivity index (χ2v) is 19.4. The fourth-order valence-electron chi connectivity index (χ4n) is 11.7. The summed E-state index contributed by atoms with van der Waals surface area (Å²) in [4.78, 5) is 12.4. The first-order chi connectivity index (χ1) is 25.1. The number of carbonyl (C=O) groups is 1. The molecule has 19 atom stereocenters. The normalized spacial score (nSPS) is 47.1. The van der Waals surface area contributed by atoms with E-state index in [4.69, 9.17) is 23.7 Å². The molecule has 1 unspecified atom stereocenters. The third-order valence-electron chi connectivity index (χ3n) is 15.9. The number of rotatable bonds is 12. The van der Waals surface area contributed by atoms with Crippen LogP contribution in [-0.2, 0) is 28.5 Å². The average molecular weight is 767 g/mol. The van der Waals surface area contributed by atoms with Gasteiger partial charge >= 0.3 is 0 Å². The summed E-state index contributed by atoms with van der Waals surface area (Å²) in [5.74, 6) is -3.01. The molecule has 314 valence electrons. The van der Waals surface area contributed by atoms with E-state index in [1.807, 2.05) is 48.5 Å². The van der Waals surface area contributed by atoms with Gasteiger partial charge in [0.15, 0.2) is 11.6 Å². The maximum Gasteiger partial charge on any atom is 0.198 e. The van der Waals surface area contributed by atoms with E-state index in [0.29, 0.717) is 51.4 Å². The van der Waals surface area contributed by atoms with Crippen molar-refractivity contribution >= 4 is 5.78 Å². The highest BCUT2D eigenvalue weighted by molar-refractivity contribution is 5.78. The van der Waals surface area contributed by atoms with Gasteiger partial charge in [0.25, 0.3) is 0 Å². The zero-order chi connectivity index (χ0) is 40.2. The third-order valence-corrected chi connectivity index (χ3v) is 15.9. The van der Waals surface area contributed by atoms with E-state index in [0.717, 1.165) is 25.7 Å².